The van der Waals surface area contributed by atoms with Gasteiger partial charge in [-0.15, -0.1) is 0 Å². The normalized spacial score (nSPS) is 12.3. The van der Waals surface area contributed by atoms with Gasteiger partial charge >= 0.3 is 6.18 Å². The fraction of sp³-hybridized carbons (Fsp3) is 0.273. The lowest BCUT2D eigenvalue weighted by Gasteiger charge is -2.10. The van der Waals surface area contributed by atoms with Gasteiger partial charge in [-0.1, -0.05) is 18.2 Å². The van der Waals surface area contributed by atoms with Crippen molar-refractivity contribution >= 4 is 10.9 Å². The van der Waals surface area contributed by atoms with E-state index >= 15 is 0 Å². The molecule has 0 radical (unpaired) electrons. The summed E-state index contributed by atoms with van der Waals surface area (Å²) in [5.41, 5.74) is 5.47. The van der Waals surface area contributed by atoms with Gasteiger partial charge in [0, 0.05) is 30.1 Å². The van der Waals surface area contributed by atoms with E-state index in [1.165, 1.54) is 7.05 Å². The lowest BCUT2D eigenvalue weighted by Crippen LogP contribution is -2.15. The second-order valence-corrected chi connectivity index (χ2v) is 3.61. The zero-order chi connectivity index (χ0) is 11.9. The summed E-state index contributed by atoms with van der Waals surface area (Å²) in [6, 6.07) is 6.74. The first kappa shape index (κ1) is 11.0. The third-order valence-electron chi connectivity index (χ3n) is 2.68. The number of hydrogen-bond donors (Lipinski definition) is 1. The van der Waals surface area contributed by atoms with Crippen LogP contribution in [0, 0.1) is 0 Å². The molecule has 16 heavy (non-hydrogen) atoms. The maximum atomic E-state index is 12.9. The lowest BCUT2D eigenvalue weighted by molar-refractivity contribution is -0.143. The van der Waals surface area contributed by atoms with Crippen LogP contribution in [0.3, 0.4) is 0 Å². The van der Waals surface area contributed by atoms with Crippen LogP contribution in [0.25, 0.3) is 10.9 Å². The summed E-state index contributed by atoms with van der Waals surface area (Å²) >= 11 is 0. The summed E-state index contributed by atoms with van der Waals surface area (Å²) in [7, 11) is 1.41. The van der Waals surface area contributed by atoms with Crippen LogP contribution in [0.15, 0.2) is 24.3 Å². The van der Waals surface area contributed by atoms with Crippen molar-refractivity contribution in [2.24, 2.45) is 12.8 Å². The van der Waals surface area contributed by atoms with Gasteiger partial charge in [-0.2, -0.15) is 13.2 Å². The van der Waals surface area contributed by atoms with E-state index in [2.05, 4.69) is 0 Å². The molecule has 2 aromatic rings. The molecule has 0 bridgehead atoms. The zero-order valence-electron chi connectivity index (χ0n) is 8.67. The molecule has 0 saturated carbocycles. The summed E-state index contributed by atoms with van der Waals surface area (Å²) in [6.07, 6.45) is -4.37. The van der Waals surface area contributed by atoms with Gasteiger partial charge in [0.25, 0.3) is 0 Å². The molecule has 5 heteroatoms. The number of aromatic nitrogens is 1. The van der Waals surface area contributed by atoms with Crippen molar-refractivity contribution in [2.45, 2.75) is 12.7 Å². The third kappa shape index (κ3) is 1.48. The Kier molecular flexibility index (Phi) is 2.42. The monoisotopic (exact) mass is 228 g/mol. The van der Waals surface area contributed by atoms with Gasteiger partial charge in [0.15, 0.2) is 0 Å². The molecule has 0 aliphatic carbocycles. The number of aryl methyl sites for hydroxylation is 1. The summed E-state index contributed by atoms with van der Waals surface area (Å²) in [4.78, 5) is 0. The Bertz CT molecular complexity index is 526. The predicted molar refractivity (Wildman–Crippen MR) is 55.8 cm³/mol. The van der Waals surface area contributed by atoms with Gasteiger partial charge in [-0.25, -0.2) is 0 Å². The smallest absolute Gasteiger partial charge is 0.340 e. The van der Waals surface area contributed by atoms with Crippen molar-refractivity contribution in [3.05, 3.63) is 35.5 Å². The van der Waals surface area contributed by atoms with Crippen LogP contribution in [0.4, 0.5) is 13.2 Å². The van der Waals surface area contributed by atoms with Gasteiger partial charge in [0.1, 0.15) is 5.69 Å². The molecule has 0 amide bonds. The largest absolute Gasteiger partial charge is 0.431 e. The predicted octanol–water partition coefficient (Wildman–Crippen LogP) is 2.66. The van der Waals surface area contributed by atoms with Crippen LogP contribution in [-0.2, 0) is 19.8 Å². The Balaban J connectivity index is 2.87. The number of halogens is 3. The number of nitrogens with zero attached hydrogens (tertiary/aromatic N) is 1. The SMILES string of the molecule is Cn1c(C(F)(F)F)c(CN)c2ccccc21. The Morgan fingerprint density at radius 2 is 1.88 bits per heavy atom. The molecule has 0 aliphatic rings. The molecule has 86 valence electrons. The maximum Gasteiger partial charge on any atom is 0.431 e. The quantitative estimate of drug-likeness (QED) is 0.799. The minimum Gasteiger partial charge on any atom is -0.340 e. The van der Waals surface area contributed by atoms with E-state index in [4.69, 9.17) is 5.73 Å². The van der Waals surface area contributed by atoms with Crippen molar-refractivity contribution < 1.29 is 13.2 Å². The molecule has 2 nitrogen and oxygen atoms in total. The van der Waals surface area contributed by atoms with Crippen molar-refractivity contribution in [2.75, 3.05) is 0 Å². The minimum absolute atomic E-state index is 0.115. The highest BCUT2D eigenvalue weighted by atomic mass is 19.4. The Morgan fingerprint density at radius 3 is 2.44 bits per heavy atom. The molecule has 0 fully saturated rings. The van der Waals surface area contributed by atoms with Gasteiger partial charge in [-0.05, 0) is 6.07 Å². The fourth-order valence-electron chi connectivity index (χ4n) is 2.04. The molecule has 0 saturated heterocycles. The van der Waals surface area contributed by atoms with Gasteiger partial charge in [0.2, 0.25) is 0 Å². The van der Waals surface area contributed by atoms with E-state index in [1.54, 1.807) is 24.3 Å². The number of nitrogens with two attached hydrogens (primary N) is 1. The average Bonchev–Trinajstić information content (AvgIpc) is 2.51. The first-order valence-corrected chi connectivity index (χ1v) is 4.80. The van der Waals surface area contributed by atoms with Crippen LogP contribution in [0.5, 0.6) is 0 Å². The number of alkyl halides is 3. The van der Waals surface area contributed by atoms with E-state index in [1.807, 2.05) is 0 Å². The van der Waals surface area contributed by atoms with Crippen molar-refractivity contribution in [1.82, 2.24) is 4.57 Å². The van der Waals surface area contributed by atoms with Gasteiger partial charge in [-0.3, -0.25) is 0 Å². The Hall–Kier alpha value is -1.49. The number of benzene rings is 1. The Morgan fingerprint density at radius 1 is 1.25 bits per heavy atom. The minimum atomic E-state index is -4.37. The fourth-order valence-corrected chi connectivity index (χ4v) is 2.04. The molecule has 2 N–H and O–H groups in total. The maximum absolute atomic E-state index is 12.9. The van der Waals surface area contributed by atoms with E-state index in [0.717, 1.165) is 4.57 Å². The molecule has 0 atom stereocenters. The van der Waals surface area contributed by atoms with Crippen LogP contribution in [0.2, 0.25) is 0 Å². The second-order valence-electron chi connectivity index (χ2n) is 3.61. The van der Waals surface area contributed by atoms with Crippen molar-refractivity contribution in [3.8, 4) is 0 Å². The van der Waals surface area contributed by atoms with Gasteiger partial charge < -0.3 is 10.3 Å². The van der Waals surface area contributed by atoms with E-state index in [-0.39, 0.29) is 12.1 Å². The first-order valence-electron chi connectivity index (χ1n) is 4.80. The molecule has 0 spiro atoms. The summed E-state index contributed by atoms with van der Waals surface area (Å²) in [6.45, 7) is -0.115. The van der Waals surface area contributed by atoms with E-state index in [9.17, 15) is 13.2 Å². The van der Waals surface area contributed by atoms with Crippen LogP contribution >= 0.6 is 0 Å². The third-order valence-corrected chi connectivity index (χ3v) is 2.68. The van der Waals surface area contributed by atoms with Gasteiger partial charge in [0.05, 0.1) is 0 Å². The molecule has 1 heterocycles. The van der Waals surface area contributed by atoms with Crippen molar-refractivity contribution in [3.63, 3.8) is 0 Å². The number of hydrogen-bond acceptors (Lipinski definition) is 1. The summed E-state index contributed by atoms with van der Waals surface area (Å²) in [5.74, 6) is 0. The lowest BCUT2D eigenvalue weighted by atomic mass is 10.1. The topological polar surface area (TPSA) is 30.9 Å². The standard InChI is InChI=1S/C11H11F3N2/c1-16-9-5-3-2-4-7(9)8(6-15)10(16)11(12,13)14/h2-5H,6,15H2,1H3. The van der Waals surface area contributed by atoms with E-state index < -0.39 is 11.9 Å². The molecule has 1 aromatic carbocycles. The van der Waals surface area contributed by atoms with Crippen LogP contribution in [-0.4, -0.2) is 4.57 Å². The number of rotatable bonds is 1. The Labute approximate surface area is 90.5 Å². The molecule has 2 rings (SSSR count). The number of para-hydroxylation sites is 1. The highest BCUT2D eigenvalue weighted by molar-refractivity contribution is 5.85. The second kappa shape index (κ2) is 3.52. The zero-order valence-corrected chi connectivity index (χ0v) is 8.67. The van der Waals surface area contributed by atoms with E-state index in [0.29, 0.717) is 10.9 Å². The molecule has 0 unspecified atom stereocenters. The highest BCUT2D eigenvalue weighted by Crippen LogP contribution is 2.37. The molecule has 0 aliphatic heterocycles. The average molecular weight is 228 g/mol. The highest BCUT2D eigenvalue weighted by Gasteiger charge is 2.37. The first-order chi connectivity index (χ1) is 7.46. The summed E-state index contributed by atoms with van der Waals surface area (Å²) in [5, 5.41) is 0.569. The van der Waals surface area contributed by atoms with Crippen molar-refractivity contribution in [1.29, 1.82) is 0 Å². The number of fused-ring (bicyclic) bond motifs is 1. The molecule has 1 aromatic heterocycles. The molecular formula is C11H11F3N2. The summed E-state index contributed by atoms with van der Waals surface area (Å²) < 4.78 is 39.7. The molecular weight excluding hydrogens is 217 g/mol. The van der Waals surface area contributed by atoms with Crippen LogP contribution < -0.4 is 5.73 Å². The van der Waals surface area contributed by atoms with Crippen LogP contribution in [0.1, 0.15) is 11.3 Å².